The van der Waals surface area contributed by atoms with Crippen LogP contribution >= 0.6 is 0 Å². The van der Waals surface area contributed by atoms with Crippen LogP contribution in [-0.2, 0) is 17.9 Å². The van der Waals surface area contributed by atoms with Crippen LogP contribution < -0.4 is 5.32 Å². The van der Waals surface area contributed by atoms with Gasteiger partial charge >= 0.3 is 0 Å². The molecule has 1 amide bonds. The summed E-state index contributed by atoms with van der Waals surface area (Å²) in [5, 5.41) is 11.8. The molecule has 5 heteroatoms. The van der Waals surface area contributed by atoms with Gasteiger partial charge in [-0.1, -0.05) is 6.07 Å². The van der Waals surface area contributed by atoms with Gasteiger partial charge in [0.05, 0.1) is 6.61 Å². The van der Waals surface area contributed by atoms with Gasteiger partial charge in [0, 0.05) is 24.5 Å². The Morgan fingerprint density at radius 1 is 1.40 bits per heavy atom. The summed E-state index contributed by atoms with van der Waals surface area (Å²) in [4.78, 5) is 12.0. The number of hydrogen-bond acceptors (Lipinski definition) is 2. The van der Waals surface area contributed by atoms with Crippen LogP contribution in [0.2, 0.25) is 0 Å². The average molecular weight is 276 g/mol. The van der Waals surface area contributed by atoms with E-state index in [2.05, 4.69) is 5.32 Å². The van der Waals surface area contributed by atoms with Gasteiger partial charge in [-0.2, -0.15) is 0 Å². The maximum Gasteiger partial charge on any atom is 0.243 e. The first-order valence-electron chi connectivity index (χ1n) is 6.40. The summed E-state index contributed by atoms with van der Waals surface area (Å²) < 4.78 is 15.0. The molecule has 2 rings (SSSR count). The molecule has 1 heterocycles. The van der Waals surface area contributed by atoms with Crippen molar-refractivity contribution in [3.63, 3.8) is 0 Å². The van der Waals surface area contributed by atoms with Crippen molar-refractivity contribution in [2.24, 2.45) is 0 Å². The van der Waals surface area contributed by atoms with Crippen molar-refractivity contribution in [3.8, 4) is 0 Å². The Balaban J connectivity index is 1.96. The molecule has 4 nitrogen and oxygen atoms in total. The zero-order valence-corrected chi connectivity index (χ0v) is 11.2. The second-order valence-electron chi connectivity index (χ2n) is 4.61. The number of aromatic nitrogens is 1. The fourth-order valence-corrected chi connectivity index (χ4v) is 1.94. The van der Waals surface area contributed by atoms with E-state index < -0.39 is 5.82 Å². The Morgan fingerprint density at radius 3 is 2.75 bits per heavy atom. The van der Waals surface area contributed by atoms with Gasteiger partial charge in [-0.15, -0.1) is 0 Å². The van der Waals surface area contributed by atoms with Gasteiger partial charge in [0.2, 0.25) is 5.91 Å². The maximum atomic E-state index is 13.2. The summed E-state index contributed by atoms with van der Waals surface area (Å²) >= 11 is 0. The van der Waals surface area contributed by atoms with E-state index in [1.165, 1.54) is 6.07 Å². The van der Waals surface area contributed by atoms with E-state index in [0.29, 0.717) is 6.54 Å². The Labute approximate surface area is 116 Å². The Kier molecular flexibility index (Phi) is 4.53. The van der Waals surface area contributed by atoms with Crippen molar-refractivity contribution >= 4 is 5.91 Å². The van der Waals surface area contributed by atoms with E-state index in [9.17, 15) is 9.18 Å². The fraction of sp³-hybridized carbons (Fsp3) is 0.267. The van der Waals surface area contributed by atoms with Crippen LogP contribution in [0.1, 0.15) is 24.1 Å². The van der Waals surface area contributed by atoms with Gasteiger partial charge in [0.1, 0.15) is 11.9 Å². The highest BCUT2D eigenvalue weighted by molar-refractivity contribution is 5.79. The number of halogens is 1. The quantitative estimate of drug-likeness (QED) is 0.877. The molecule has 0 radical (unpaired) electrons. The first kappa shape index (κ1) is 14.3. The molecular formula is C15H17FN2O2. The monoisotopic (exact) mass is 276 g/mol. The molecule has 1 unspecified atom stereocenters. The van der Waals surface area contributed by atoms with Crippen LogP contribution in [0, 0.1) is 5.82 Å². The van der Waals surface area contributed by atoms with Crippen molar-refractivity contribution < 1.29 is 14.3 Å². The van der Waals surface area contributed by atoms with E-state index in [1.54, 1.807) is 23.6 Å². The summed E-state index contributed by atoms with van der Waals surface area (Å²) in [6, 6.07) is 7.85. The highest BCUT2D eigenvalue weighted by atomic mass is 19.1. The lowest BCUT2D eigenvalue weighted by atomic mass is 10.1. The van der Waals surface area contributed by atoms with E-state index in [0.717, 1.165) is 5.56 Å². The second kappa shape index (κ2) is 6.34. The lowest BCUT2D eigenvalue weighted by Crippen LogP contribution is -2.30. The molecule has 1 atom stereocenters. The molecule has 2 aromatic rings. The van der Waals surface area contributed by atoms with Crippen molar-refractivity contribution in [1.29, 1.82) is 0 Å². The normalized spacial score (nSPS) is 12.2. The molecule has 0 spiro atoms. The zero-order valence-electron chi connectivity index (χ0n) is 11.2. The number of aliphatic hydroxyl groups excluding tert-OH is 1. The zero-order chi connectivity index (χ0) is 14.5. The SMILES string of the molecule is CC(C(=O)NCc1ccc(F)c(CO)c1)n1cccc1. The van der Waals surface area contributed by atoms with Gasteiger partial charge in [-0.25, -0.2) is 4.39 Å². The van der Waals surface area contributed by atoms with Gasteiger partial charge in [-0.3, -0.25) is 4.79 Å². The van der Waals surface area contributed by atoms with Gasteiger partial charge in [0.15, 0.2) is 0 Å². The number of benzene rings is 1. The topological polar surface area (TPSA) is 54.3 Å². The molecule has 0 saturated heterocycles. The fourth-order valence-electron chi connectivity index (χ4n) is 1.94. The van der Waals surface area contributed by atoms with Crippen molar-refractivity contribution in [1.82, 2.24) is 9.88 Å². The molecular weight excluding hydrogens is 259 g/mol. The Bertz CT molecular complexity index is 582. The second-order valence-corrected chi connectivity index (χ2v) is 4.61. The van der Waals surface area contributed by atoms with Crippen LogP contribution in [0.3, 0.4) is 0 Å². The number of nitrogens with one attached hydrogen (secondary N) is 1. The Morgan fingerprint density at radius 2 is 2.10 bits per heavy atom. The molecule has 106 valence electrons. The molecule has 0 aliphatic rings. The lowest BCUT2D eigenvalue weighted by Gasteiger charge is -2.14. The molecule has 2 N–H and O–H groups in total. The van der Waals surface area contributed by atoms with Crippen molar-refractivity contribution in [3.05, 3.63) is 59.7 Å². The van der Waals surface area contributed by atoms with Gasteiger partial charge < -0.3 is 15.0 Å². The lowest BCUT2D eigenvalue weighted by molar-refractivity contribution is -0.124. The smallest absolute Gasteiger partial charge is 0.243 e. The van der Waals surface area contributed by atoms with Crippen LogP contribution in [0.4, 0.5) is 4.39 Å². The van der Waals surface area contributed by atoms with E-state index in [1.807, 2.05) is 24.5 Å². The Hall–Kier alpha value is -2.14. The van der Waals surface area contributed by atoms with E-state index >= 15 is 0 Å². The molecule has 1 aromatic heterocycles. The standard InChI is InChI=1S/C15H17FN2O2/c1-11(18-6-2-3-7-18)15(20)17-9-12-4-5-14(16)13(8-12)10-19/h2-8,11,19H,9-10H2,1H3,(H,17,20). The van der Waals surface area contributed by atoms with Gasteiger partial charge in [0.25, 0.3) is 0 Å². The number of amides is 1. The number of carbonyl (C=O) groups excluding carboxylic acids is 1. The summed E-state index contributed by atoms with van der Waals surface area (Å²) in [6.45, 7) is 1.75. The number of nitrogens with zero attached hydrogens (tertiary/aromatic N) is 1. The summed E-state index contributed by atoms with van der Waals surface area (Å²) in [6.07, 6.45) is 3.65. The van der Waals surface area contributed by atoms with Crippen molar-refractivity contribution in [2.45, 2.75) is 26.1 Å². The highest BCUT2D eigenvalue weighted by Crippen LogP contribution is 2.11. The molecule has 0 saturated carbocycles. The number of hydrogen-bond donors (Lipinski definition) is 2. The number of aliphatic hydroxyl groups is 1. The summed E-state index contributed by atoms with van der Waals surface area (Å²) in [5.41, 5.74) is 0.985. The first-order chi connectivity index (χ1) is 9.61. The molecule has 0 fully saturated rings. The van der Waals surface area contributed by atoms with E-state index in [4.69, 9.17) is 5.11 Å². The number of carbonyl (C=O) groups is 1. The molecule has 0 aliphatic carbocycles. The highest BCUT2D eigenvalue weighted by Gasteiger charge is 2.13. The number of rotatable bonds is 5. The summed E-state index contributed by atoms with van der Waals surface area (Å²) in [7, 11) is 0. The van der Waals surface area contributed by atoms with Crippen LogP contribution in [0.5, 0.6) is 0 Å². The molecule has 20 heavy (non-hydrogen) atoms. The maximum absolute atomic E-state index is 13.2. The molecule has 0 aliphatic heterocycles. The third-order valence-electron chi connectivity index (χ3n) is 3.20. The van der Waals surface area contributed by atoms with E-state index in [-0.39, 0.29) is 24.1 Å². The third kappa shape index (κ3) is 3.24. The van der Waals surface area contributed by atoms with Crippen LogP contribution in [-0.4, -0.2) is 15.6 Å². The third-order valence-corrected chi connectivity index (χ3v) is 3.20. The average Bonchev–Trinajstić information content (AvgIpc) is 2.99. The first-order valence-corrected chi connectivity index (χ1v) is 6.40. The largest absolute Gasteiger partial charge is 0.392 e. The predicted molar refractivity (Wildman–Crippen MR) is 73.3 cm³/mol. The minimum atomic E-state index is -0.441. The predicted octanol–water partition coefficient (Wildman–Crippen LogP) is 2.00. The van der Waals surface area contributed by atoms with Crippen molar-refractivity contribution in [2.75, 3.05) is 0 Å². The van der Waals surface area contributed by atoms with Gasteiger partial charge in [-0.05, 0) is 36.8 Å². The minimum Gasteiger partial charge on any atom is -0.392 e. The van der Waals surface area contributed by atoms with Crippen LogP contribution in [0.15, 0.2) is 42.7 Å². The summed E-state index contributed by atoms with van der Waals surface area (Å²) in [5.74, 6) is -0.556. The molecule has 0 bridgehead atoms. The minimum absolute atomic E-state index is 0.115. The van der Waals surface area contributed by atoms with Crippen LogP contribution in [0.25, 0.3) is 0 Å². The molecule has 1 aromatic carbocycles.